The van der Waals surface area contributed by atoms with E-state index < -0.39 is 5.91 Å². The molecule has 0 aliphatic rings. The molecule has 1 amide bonds. The van der Waals surface area contributed by atoms with Crippen molar-refractivity contribution in [3.63, 3.8) is 0 Å². The molecule has 7 heteroatoms. The van der Waals surface area contributed by atoms with Gasteiger partial charge in [-0.3, -0.25) is 14.7 Å². The normalized spacial score (nSPS) is 11.2. The average Bonchev–Trinajstić information content (AvgIpc) is 3.14. The van der Waals surface area contributed by atoms with Gasteiger partial charge in [-0.15, -0.1) is 0 Å². The van der Waals surface area contributed by atoms with Crippen molar-refractivity contribution in [2.45, 2.75) is 6.92 Å². The van der Waals surface area contributed by atoms with E-state index in [9.17, 15) is 9.59 Å². The van der Waals surface area contributed by atoms with Crippen LogP contribution in [0.5, 0.6) is 5.75 Å². The van der Waals surface area contributed by atoms with Crippen molar-refractivity contribution in [1.29, 1.82) is 0 Å². The number of ether oxygens (including phenoxy) is 1. The Morgan fingerprint density at radius 3 is 2.28 bits per heavy atom. The van der Waals surface area contributed by atoms with Crippen LogP contribution in [0.25, 0.3) is 5.69 Å². The molecule has 0 aliphatic carbocycles. The van der Waals surface area contributed by atoms with Crippen LogP contribution in [0.3, 0.4) is 0 Å². The van der Waals surface area contributed by atoms with Gasteiger partial charge in [0, 0.05) is 16.8 Å². The lowest BCUT2D eigenvalue weighted by atomic mass is 10.0. The number of hydrogen-bond acceptors (Lipinski definition) is 4. The number of methoxy groups -OCH3 is 1. The lowest BCUT2D eigenvalue weighted by Gasteiger charge is -2.07. The van der Waals surface area contributed by atoms with Crippen molar-refractivity contribution in [3.05, 3.63) is 118 Å². The first-order valence-electron chi connectivity index (χ1n) is 10.0. The summed E-state index contributed by atoms with van der Waals surface area (Å²) in [6.45, 7) is 1.80. The second-order valence-corrected chi connectivity index (χ2v) is 7.09. The molecule has 4 aromatic rings. The number of aromatic amines is 1. The second-order valence-electron chi connectivity index (χ2n) is 7.09. The van der Waals surface area contributed by atoms with Gasteiger partial charge in [0.05, 0.1) is 18.4 Å². The zero-order valence-electron chi connectivity index (χ0n) is 17.7. The molecule has 0 radical (unpaired) electrons. The molecule has 0 bridgehead atoms. The Bertz CT molecular complexity index is 1320. The number of nitrogens with zero attached hydrogens (tertiary/aromatic N) is 2. The molecular weight excluding hydrogens is 404 g/mol. The van der Waals surface area contributed by atoms with Gasteiger partial charge in [0.2, 0.25) is 0 Å². The minimum absolute atomic E-state index is 0.257. The summed E-state index contributed by atoms with van der Waals surface area (Å²) in [6, 6.07) is 25.3. The zero-order valence-corrected chi connectivity index (χ0v) is 17.7. The molecule has 0 saturated heterocycles. The minimum Gasteiger partial charge on any atom is -0.497 e. The van der Waals surface area contributed by atoms with E-state index in [1.54, 1.807) is 31.2 Å². The first kappa shape index (κ1) is 20.9. The summed E-state index contributed by atoms with van der Waals surface area (Å²) in [6.07, 6.45) is 0. The number of rotatable bonds is 6. The van der Waals surface area contributed by atoms with Crippen molar-refractivity contribution >= 4 is 11.6 Å². The Labute approximate surface area is 185 Å². The molecule has 4 rings (SSSR count). The molecule has 7 nitrogen and oxygen atoms in total. The van der Waals surface area contributed by atoms with E-state index in [1.807, 2.05) is 60.7 Å². The molecule has 32 heavy (non-hydrogen) atoms. The number of nitrogens with one attached hydrogen (secondary N) is 2. The number of carbonyl (C=O) groups is 1. The SMILES string of the molecule is COc1cccc(C(=O)NN=C(c2ccccc2)c2c(C)[nH]n(-c3ccccc3)c2=O)c1. The van der Waals surface area contributed by atoms with E-state index in [4.69, 9.17) is 4.74 Å². The van der Waals surface area contributed by atoms with E-state index in [0.29, 0.717) is 39.5 Å². The predicted molar refractivity (Wildman–Crippen MR) is 124 cm³/mol. The summed E-state index contributed by atoms with van der Waals surface area (Å²) < 4.78 is 6.65. The molecule has 3 aromatic carbocycles. The fourth-order valence-electron chi connectivity index (χ4n) is 3.38. The van der Waals surface area contributed by atoms with Crippen LogP contribution < -0.4 is 15.7 Å². The summed E-state index contributed by atoms with van der Waals surface area (Å²) in [5.41, 5.74) is 5.52. The Morgan fingerprint density at radius 2 is 1.59 bits per heavy atom. The number of H-pyrrole nitrogens is 1. The summed E-state index contributed by atoms with van der Waals surface area (Å²) in [5.74, 6) is 0.158. The Morgan fingerprint density at radius 1 is 0.938 bits per heavy atom. The number of carbonyl (C=O) groups excluding carboxylic acids is 1. The molecule has 0 atom stereocenters. The van der Waals surface area contributed by atoms with E-state index in [1.165, 1.54) is 11.8 Å². The number of aromatic nitrogens is 2. The fourth-order valence-corrected chi connectivity index (χ4v) is 3.38. The van der Waals surface area contributed by atoms with E-state index in [-0.39, 0.29) is 5.56 Å². The van der Waals surface area contributed by atoms with Gasteiger partial charge >= 0.3 is 0 Å². The van der Waals surface area contributed by atoms with Crippen LogP contribution in [0.2, 0.25) is 0 Å². The highest BCUT2D eigenvalue weighted by Gasteiger charge is 2.20. The van der Waals surface area contributed by atoms with Crippen LogP contribution in [0, 0.1) is 6.92 Å². The number of hydrogen-bond donors (Lipinski definition) is 2. The van der Waals surface area contributed by atoms with Gasteiger partial charge in [-0.2, -0.15) is 5.10 Å². The van der Waals surface area contributed by atoms with Crippen molar-refractivity contribution in [3.8, 4) is 11.4 Å². The van der Waals surface area contributed by atoms with Gasteiger partial charge in [-0.1, -0.05) is 54.6 Å². The molecular formula is C25H22N4O3. The first-order valence-corrected chi connectivity index (χ1v) is 10.0. The maximum absolute atomic E-state index is 13.3. The van der Waals surface area contributed by atoms with Crippen molar-refractivity contribution < 1.29 is 9.53 Å². The Hall–Kier alpha value is -4.39. The van der Waals surface area contributed by atoms with Gasteiger partial charge < -0.3 is 4.74 Å². The molecule has 0 spiro atoms. The molecule has 0 saturated carbocycles. The first-order chi connectivity index (χ1) is 15.6. The molecule has 0 fully saturated rings. The Balaban J connectivity index is 1.77. The summed E-state index contributed by atoms with van der Waals surface area (Å²) in [4.78, 5) is 26.0. The third kappa shape index (κ3) is 4.22. The third-order valence-electron chi connectivity index (χ3n) is 4.97. The topological polar surface area (TPSA) is 88.5 Å². The smallest absolute Gasteiger partial charge is 0.281 e. The number of benzene rings is 3. The number of amides is 1. The van der Waals surface area contributed by atoms with Crippen LogP contribution in [0.1, 0.15) is 27.2 Å². The largest absolute Gasteiger partial charge is 0.497 e. The number of hydrazone groups is 1. The van der Waals surface area contributed by atoms with Crippen molar-refractivity contribution in [1.82, 2.24) is 15.2 Å². The molecule has 2 N–H and O–H groups in total. The summed E-state index contributed by atoms with van der Waals surface area (Å²) in [5, 5.41) is 7.48. The molecule has 0 unspecified atom stereocenters. The summed E-state index contributed by atoms with van der Waals surface area (Å²) >= 11 is 0. The maximum Gasteiger partial charge on any atom is 0.281 e. The lowest BCUT2D eigenvalue weighted by Crippen LogP contribution is -2.25. The average molecular weight is 426 g/mol. The summed E-state index contributed by atoms with van der Waals surface area (Å²) in [7, 11) is 1.54. The van der Waals surface area contributed by atoms with E-state index in [2.05, 4.69) is 15.6 Å². The Kier molecular flexibility index (Phi) is 5.98. The third-order valence-corrected chi connectivity index (χ3v) is 4.97. The maximum atomic E-state index is 13.3. The number of para-hydroxylation sites is 1. The lowest BCUT2D eigenvalue weighted by molar-refractivity contribution is 0.0954. The number of aryl methyl sites for hydroxylation is 1. The highest BCUT2D eigenvalue weighted by molar-refractivity contribution is 6.13. The van der Waals surface area contributed by atoms with Crippen LogP contribution in [0.15, 0.2) is 94.8 Å². The van der Waals surface area contributed by atoms with E-state index in [0.717, 1.165) is 0 Å². The van der Waals surface area contributed by atoms with Gasteiger partial charge in [0.1, 0.15) is 11.5 Å². The van der Waals surface area contributed by atoms with Crippen LogP contribution in [-0.4, -0.2) is 28.5 Å². The van der Waals surface area contributed by atoms with Crippen LogP contribution >= 0.6 is 0 Å². The highest BCUT2D eigenvalue weighted by Crippen LogP contribution is 2.15. The van der Waals surface area contributed by atoms with Gasteiger partial charge in [0.25, 0.3) is 11.5 Å². The van der Waals surface area contributed by atoms with Gasteiger partial charge in [0.15, 0.2) is 0 Å². The quantitative estimate of drug-likeness (QED) is 0.364. The highest BCUT2D eigenvalue weighted by atomic mass is 16.5. The molecule has 0 aliphatic heterocycles. The molecule has 1 aromatic heterocycles. The standard InChI is InChI=1S/C25H22N4O3/c1-17-22(25(31)29(28-17)20-13-7-4-8-14-20)23(18-10-5-3-6-11-18)26-27-24(30)19-12-9-15-21(16-19)32-2/h3-16,28H,1-2H3,(H,27,30). The van der Waals surface area contributed by atoms with Crippen LogP contribution in [0.4, 0.5) is 0 Å². The van der Waals surface area contributed by atoms with Crippen molar-refractivity contribution in [2.75, 3.05) is 7.11 Å². The fraction of sp³-hybridized carbons (Fsp3) is 0.0800. The molecule has 1 heterocycles. The second kappa shape index (κ2) is 9.18. The predicted octanol–water partition coefficient (Wildman–Crippen LogP) is 3.67. The van der Waals surface area contributed by atoms with Gasteiger partial charge in [-0.05, 0) is 37.3 Å². The van der Waals surface area contributed by atoms with Gasteiger partial charge in [-0.25, -0.2) is 10.1 Å². The molecule has 160 valence electrons. The van der Waals surface area contributed by atoms with Crippen LogP contribution in [-0.2, 0) is 0 Å². The zero-order chi connectivity index (χ0) is 22.5. The van der Waals surface area contributed by atoms with Crippen molar-refractivity contribution in [2.24, 2.45) is 5.10 Å². The monoisotopic (exact) mass is 426 g/mol. The van der Waals surface area contributed by atoms with E-state index >= 15 is 0 Å². The minimum atomic E-state index is -0.408.